The number of nitrogens with zero attached hydrogens (tertiary/aromatic N) is 2. The molecule has 0 aromatic carbocycles. The van der Waals surface area contributed by atoms with Crippen molar-refractivity contribution in [3.8, 4) is 0 Å². The van der Waals surface area contributed by atoms with E-state index in [0.717, 1.165) is 38.9 Å². The normalized spacial score (nSPS) is 18.8. The molecule has 1 spiro atoms. The van der Waals surface area contributed by atoms with Gasteiger partial charge in [-0.2, -0.15) is 0 Å². The highest BCUT2D eigenvalue weighted by Gasteiger charge is 2.44. The molecule has 2 aromatic heterocycles. The minimum absolute atomic E-state index is 0.158. The van der Waals surface area contributed by atoms with Crippen LogP contribution in [0.15, 0.2) is 18.5 Å². The molecule has 2 aliphatic rings. The summed E-state index contributed by atoms with van der Waals surface area (Å²) in [4.78, 5) is 33.2. The maximum Gasteiger partial charge on any atom is 0.426 e. The molecule has 1 aliphatic heterocycles. The van der Waals surface area contributed by atoms with Crippen molar-refractivity contribution >= 4 is 34.6 Å². The van der Waals surface area contributed by atoms with E-state index in [1.165, 1.54) is 11.2 Å². The van der Waals surface area contributed by atoms with Crippen molar-refractivity contribution in [3.05, 3.63) is 29.0 Å². The third-order valence-electron chi connectivity index (χ3n) is 5.78. The fraction of sp³-hybridized carbons (Fsp3) is 0.571. The van der Waals surface area contributed by atoms with Gasteiger partial charge in [-0.25, -0.2) is 20.2 Å². The molecule has 1 saturated carbocycles. The number of aromatic amines is 1. The van der Waals surface area contributed by atoms with Gasteiger partial charge in [-0.15, -0.1) is 0 Å². The lowest BCUT2D eigenvalue weighted by Crippen LogP contribution is -2.56. The van der Waals surface area contributed by atoms with E-state index in [0.29, 0.717) is 16.1 Å². The molecule has 0 bridgehead atoms. The van der Waals surface area contributed by atoms with Crippen molar-refractivity contribution in [1.29, 1.82) is 0 Å². The van der Waals surface area contributed by atoms with E-state index < -0.39 is 17.6 Å². The number of hydrazine groups is 1. The third-order valence-corrected chi connectivity index (χ3v) is 6.19. The highest BCUT2D eigenvalue weighted by molar-refractivity contribution is 6.38. The summed E-state index contributed by atoms with van der Waals surface area (Å²) in [5.74, 6) is -0.396. The molecular formula is C21H27ClN4O4. The minimum Gasteiger partial charge on any atom is -0.443 e. The summed E-state index contributed by atoms with van der Waals surface area (Å²) in [5.41, 5.74) is 3.06. The van der Waals surface area contributed by atoms with Crippen molar-refractivity contribution in [2.75, 3.05) is 13.2 Å². The van der Waals surface area contributed by atoms with Crippen LogP contribution in [0.2, 0.25) is 5.02 Å². The molecule has 1 saturated heterocycles. The van der Waals surface area contributed by atoms with Gasteiger partial charge >= 0.3 is 6.09 Å². The van der Waals surface area contributed by atoms with Crippen molar-refractivity contribution < 1.29 is 19.1 Å². The first-order valence-electron chi connectivity index (χ1n) is 10.2. The minimum atomic E-state index is -0.679. The Morgan fingerprint density at radius 2 is 2.03 bits per heavy atom. The van der Waals surface area contributed by atoms with Gasteiger partial charge in [0, 0.05) is 23.2 Å². The molecular weight excluding hydrogens is 408 g/mol. The molecule has 4 rings (SSSR count). The van der Waals surface area contributed by atoms with Gasteiger partial charge in [-0.05, 0) is 52.5 Å². The quantitative estimate of drug-likeness (QED) is 0.695. The summed E-state index contributed by atoms with van der Waals surface area (Å²) >= 11 is 6.51. The summed E-state index contributed by atoms with van der Waals surface area (Å²) < 4.78 is 10.8. The van der Waals surface area contributed by atoms with Gasteiger partial charge in [0.1, 0.15) is 11.2 Å². The number of rotatable bonds is 2. The number of pyridine rings is 1. The lowest BCUT2D eigenvalue weighted by molar-refractivity contribution is -0.138. The molecule has 3 heterocycles. The van der Waals surface area contributed by atoms with E-state index in [1.807, 2.05) is 0 Å². The van der Waals surface area contributed by atoms with Crippen LogP contribution in [-0.4, -0.2) is 51.8 Å². The highest BCUT2D eigenvalue weighted by atomic mass is 35.5. The second-order valence-electron chi connectivity index (χ2n) is 9.24. The van der Waals surface area contributed by atoms with Gasteiger partial charge in [-0.3, -0.25) is 4.79 Å². The number of aromatic nitrogens is 2. The monoisotopic (exact) mass is 434 g/mol. The maximum absolute atomic E-state index is 13.5. The zero-order valence-corrected chi connectivity index (χ0v) is 18.2. The summed E-state index contributed by atoms with van der Waals surface area (Å²) in [7, 11) is 0. The predicted molar refractivity (Wildman–Crippen MR) is 112 cm³/mol. The Balaban J connectivity index is 1.59. The van der Waals surface area contributed by atoms with Crippen molar-refractivity contribution in [3.63, 3.8) is 0 Å². The standard InChI is InChI=1S/C21H27ClN4O4/c1-20(2,3)30-19(28)25-26(13-4-7-21(8-5-13)11-29-12-21)18(27)15-10-24-17-14(16(15)22)6-9-23-17/h6,9-10,13H,4-5,7-8,11-12H2,1-3H3,(H,23,24)(H,25,28). The van der Waals surface area contributed by atoms with Crippen LogP contribution in [0.25, 0.3) is 11.0 Å². The van der Waals surface area contributed by atoms with Crippen LogP contribution in [0.5, 0.6) is 0 Å². The fourth-order valence-corrected chi connectivity index (χ4v) is 4.40. The molecule has 162 valence electrons. The van der Waals surface area contributed by atoms with Gasteiger partial charge in [0.2, 0.25) is 0 Å². The summed E-state index contributed by atoms with van der Waals surface area (Å²) in [5, 5.41) is 2.35. The molecule has 0 radical (unpaired) electrons. The Labute approximate surface area is 180 Å². The number of H-pyrrole nitrogens is 1. The van der Waals surface area contributed by atoms with E-state index in [1.54, 1.807) is 33.0 Å². The predicted octanol–water partition coefficient (Wildman–Crippen LogP) is 4.06. The van der Waals surface area contributed by atoms with Crippen molar-refractivity contribution in [1.82, 2.24) is 20.4 Å². The van der Waals surface area contributed by atoms with Crippen LogP contribution in [0.1, 0.15) is 56.8 Å². The van der Waals surface area contributed by atoms with E-state index >= 15 is 0 Å². The highest BCUT2D eigenvalue weighted by Crippen LogP contribution is 2.43. The molecule has 2 N–H and O–H groups in total. The first-order valence-corrected chi connectivity index (χ1v) is 10.6. The van der Waals surface area contributed by atoms with E-state index in [-0.39, 0.29) is 17.0 Å². The lowest BCUT2D eigenvalue weighted by atomic mass is 9.71. The number of amides is 2. The van der Waals surface area contributed by atoms with Gasteiger partial charge < -0.3 is 14.5 Å². The van der Waals surface area contributed by atoms with Gasteiger partial charge in [0.15, 0.2) is 0 Å². The Kier molecular flexibility index (Phi) is 5.40. The number of carbonyl (C=O) groups excluding carboxylic acids is 2. The Morgan fingerprint density at radius 3 is 2.63 bits per heavy atom. The van der Waals surface area contributed by atoms with Crippen LogP contribution in [0.3, 0.4) is 0 Å². The Hall–Kier alpha value is -2.32. The van der Waals surface area contributed by atoms with E-state index in [2.05, 4.69) is 15.4 Å². The summed E-state index contributed by atoms with van der Waals surface area (Å²) in [6.45, 7) is 6.88. The molecule has 0 atom stereocenters. The maximum atomic E-state index is 13.5. The number of hydrogen-bond donors (Lipinski definition) is 2. The Morgan fingerprint density at radius 1 is 1.33 bits per heavy atom. The molecule has 2 amide bonds. The van der Waals surface area contributed by atoms with Gasteiger partial charge in [0.05, 0.1) is 29.8 Å². The van der Waals surface area contributed by atoms with Crippen LogP contribution < -0.4 is 5.43 Å². The van der Waals surface area contributed by atoms with Gasteiger partial charge in [0.25, 0.3) is 5.91 Å². The molecule has 8 nitrogen and oxygen atoms in total. The fourth-order valence-electron chi connectivity index (χ4n) is 4.11. The van der Waals surface area contributed by atoms with E-state index in [4.69, 9.17) is 21.1 Å². The summed E-state index contributed by atoms with van der Waals surface area (Å²) in [6, 6.07) is 1.61. The van der Waals surface area contributed by atoms with Crippen LogP contribution >= 0.6 is 11.6 Å². The third kappa shape index (κ3) is 4.11. The average Bonchev–Trinajstić information content (AvgIpc) is 3.13. The molecule has 2 fully saturated rings. The first kappa shape index (κ1) is 20.9. The number of fused-ring (bicyclic) bond motifs is 1. The molecule has 1 aliphatic carbocycles. The Bertz CT molecular complexity index is 954. The number of hydrogen-bond acceptors (Lipinski definition) is 5. The average molecular weight is 435 g/mol. The first-order chi connectivity index (χ1) is 14.2. The molecule has 30 heavy (non-hydrogen) atoms. The number of halogens is 1. The lowest BCUT2D eigenvalue weighted by Gasteiger charge is -2.48. The van der Waals surface area contributed by atoms with E-state index in [9.17, 15) is 9.59 Å². The molecule has 0 unspecified atom stereocenters. The number of ether oxygens (including phenoxy) is 2. The van der Waals surface area contributed by atoms with Crippen LogP contribution in [0.4, 0.5) is 4.79 Å². The topological polar surface area (TPSA) is 96.5 Å². The van der Waals surface area contributed by atoms with Crippen molar-refractivity contribution in [2.45, 2.75) is 58.1 Å². The number of nitrogens with one attached hydrogen (secondary N) is 2. The van der Waals surface area contributed by atoms with Crippen LogP contribution in [0, 0.1) is 5.41 Å². The van der Waals surface area contributed by atoms with Crippen molar-refractivity contribution in [2.24, 2.45) is 5.41 Å². The second kappa shape index (κ2) is 7.74. The van der Waals surface area contributed by atoms with Crippen LogP contribution in [-0.2, 0) is 9.47 Å². The summed E-state index contributed by atoms with van der Waals surface area (Å²) in [6.07, 6.45) is 5.91. The zero-order chi connectivity index (χ0) is 21.5. The zero-order valence-electron chi connectivity index (χ0n) is 17.5. The smallest absolute Gasteiger partial charge is 0.426 e. The second-order valence-corrected chi connectivity index (χ2v) is 9.62. The van der Waals surface area contributed by atoms with Gasteiger partial charge in [-0.1, -0.05) is 11.6 Å². The largest absolute Gasteiger partial charge is 0.443 e. The number of carbonyl (C=O) groups is 2. The molecule has 9 heteroatoms. The SMILES string of the molecule is CC(C)(C)OC(=O)NN(C(=O)c1cnc2[nH]ccc2c1Cl)C1CCC2(CC1)COC2. The molecule has 2 aromatic rings.